The molecule has 0 spiro atoms. The van der Waals surface area contributed by atoms with Gasteiger partial charge in [0.2, 0.25) is 0 Å². The third-order valence-corrected chi connectivity index (χ3v) is 4.47. The van der Waals surface area contributed by atoms with Crippen LogP contribution in [0.2, 0.25) is 0 Å². The Morgan fingerprint density at radius 2 is 2.08 bits per heavy atom. The third kappa shape index (κ3) is 6.07. The first-order valence-electron chi connectivity index (χ1n) is 7.80. The zero-order chi connectivity index (χ0) is 17.2. The summed E-state index contributed by atoms with van der Waals surface area (Å²) in [6.07, 6.45) is 3.20. The molecule has 0 atom stereocenters. The van der Waals surface area contributed by atoms with Crippen LogP contribution in [0.1, 0.15) is 6.92 Å². The highest BCUT2D eigenvalue weighted by atomic mass is 32.2. The highest BCUT2D eigenvalue weighted by molar-refractivity contribution is 7.97. The van der Waals surface area contributed by atoms with E-state index in [1.807, 2.05) is 14.0 Å². The zero-order valence-corrected chi connectivity index (χ0v) is 14.8. The Hall–Kier alpha value is -2.30. The van der Waals surface area contributed by atoms with Gasteiger partial charge in [0.15, 0.2) is 0 Å². The van der Waals surface area contributed by atoms with Gasteiger partial charge in [-0.25, -0.2) is 9.30 Å². The smallest absolute Gasteiger partial charge is 0.143 e. The molecule has 126 valence electrons. The Labute approximate surface area is 147 Å². The van der Waals surface area contributed by atoms with Gasteiger partial charge in [0, 0.05) is 43.0 Å². The molecule has 0 radical (unpaired) electrons. The van der Waals surface area contributed by atoms with E-state index in [4.69, 9.17) is 5.26 Å². The summed E-state index contributed by atoms with van der Waals surface area (Å²) in [7, 11) is 1.91. The van der Waals surface area contributed by atoms with Crippen LogP contribution in [0.15, 0.2) is 50.9 Å². The van der Waals surface area contributed by atoms with E-state index in [-0.39, 0.29) is 0 Å². The first-order chi connectivity index (χ1) is 11.7. The molecule has 2 N–H and O–H groups in total. The van der Waals surface area contributed by atoms with Crippen molar-refractivity contribution in [3.8, 4) is 6.07 Å². The zero-order valence-electron chi connectivity index (χ0n) is 14.0. The fourth-order valence-electron chi connectivity index (χ4n) is 2.10. The summed E-state index contributed by atoms with van der Waals surface area (Å²) in [5, 5.41) is 15.5. The molecule has 1 aliphatic rings. The van der Waals surface area contributed by atoms with Crippen LogP contribution in [-0.4, -0.2) is 49.6 Å². The van der Waals surface area contributed by atoms with Crippen LogP contribution >= 0.6 is 11.9 Å². The number of nitrogens with zero attached hydrogens (tertiary/aromatic N) is 4. The molecule has 0 fully saturated rings. The van der Waals surface area contributed by atoms with Crippen molar-refractivity contribution in [1.29, 1.82) is 5.26 Å². The van der Waals surface area contributed by atoms with Gasteiger partial charge in [-0.05, 0) is 49.2 Å². The first kappa shape index (κ1) is 18.0. The highest BCUT2D eigenvalue weighted by Gasteiger charge is 2.07. The highest BCUT2D eigenvalue weighted by Crippen LogP contribution is 2.23. The maximum Gasteiger partial charge on any atom is 0.143 e. The predicted octanol–water partition coefficient (Wildman–Crippen LogP) is 2.54. The molecule has 0 amide bonds. The van der Waals surface area contributed by atoms with E-state index in [0.717, 1.165) is 31.0 Å². The van der Waals surface area contributed by atoms with Crippen molar-refractivity contribution in [3.05, 3.63) is 36.0 Å². The van der Waals surface area contributed by atoms with Gasteiger partial charge < -0.3 is 10.6 Å². The molecule has 1 aromatic carbocycles. The SMILES string of the molecule is CNc1ccc(SN2CCN=CN=C(C#N)/C=C(/C)NCC2)cc1. The number of hydrogen-bond donors (Lipinski definition) is 2. The van der Waals surface area contributed by atoms with E-state index in [2.05, 4.69) is 55.3 Å². The summed E-state index contributed by atoms with van der Waals surface area (Å²) in [5.41, 5.74) is 2.39. The summed E-state index contributed by atoms with van der Waals surface area (Å²) in [6.45, 7) is 5.07. The van der Waals surface area contributed by atoms with Gasteiger partial charge in [-0.3, -0.25) is 4.99 Å². The van der Waals surface area contributed by atoms with Crippen molar-refractivity contribution in [2.75, 3.05) is 38.5 Å². The van der Waals surface area contributed by atoms with Crippen LogP contribution in [0.5, 0.6) is 0 Å². The monoisotopic (exact) mass is 342 g/mol. The minimum absolute atomic E-state index is 0.361. The van der Waals surface area contributed by atoms with Crippen molar-refractivity contribution in [2.45, 2.75) is 11.8 Å². The van der Waals surface area contributed by atoms with E-state index in [1.54, 1.807) is 18.0 Å². The number of benzene rings is 1. The van der Waals surface area contributed by atoms with Crippen LogP contribution in [0, 0.1) is 11.3 Å². The van der Waals surface area contributed by atoms with Crippen molar-refractivity contribution in [1.82, 2.24) is 9.62 Å². The quantitative estimate of drug-likeness (QED) is 0.826. The van der Waals surface area contributed by atoms with Crippen molar-refractivity contribution >= 4 is 29.7 Å². The van der Waals surface area contributed by atoms with Crippen molar-refractivity contribution in [3.63, 3.8) is 0 Å². The van der Waals surface area contributed by atoms with Crippen molar-refractivity contribution < 1.29 is 0 Å². The molecule has 6 nitrogen and oxygen atoms in total. The molecule has 0 unspecified atom stereocenters. The predicted molar refractivity (Wildman–Crippen MR) is 102 cm³/mol. The molecule has 7 heteroatoms. The molecule has 24 heavy (non-hydrogen) atoms. The minimum atomic E-state index is 0.361. The molecule has 0 aromatic heterocycles. The maximum absolute atomic E-state index is 9.03. The first-order valence-corrected chi connectivity index (χ1v) is 8.57. The standard InChI is InChI=1S/C17H22N6S/c1-14-11-16(12-18)22-13-20-7-9-23(10-8-21-14)24-17-5-3-15(19-2)4-6-17/h3-6,11,13,19,21H,7-10H2,1-2H3/b14-11-,20-13?,22-16?. The van der Waals surface area contributed by atoms with E-state index in [1.165, 1.54) is 11.2 Å². The second-order valence-electron chi connectivity index (χ2n) is 5.20. The molecule has 0 bridgehead atoms. The molecule has 0 saturated heterocycles. The normalized spacial score (nSPS) is 18.9. The number of nitrogens with one attached hydrogen (secondary N) is 2. The second kappa shape index (κ2) is 9.75. The molecule has 1 aliphatic heterocycles. The molecule has 0 saturated carbocycles. The average molecular weight is 342 g/mol. The lowest BCUT2D eigenvalue weighted by atomic mass is 10.3. The maximum atomic E-state index is 9.03. The lowest BCUT2D eigenvalue weighted by molar-refractivity contribution is 0.476. The number of rotatable bonds is 3. The Bertz CT molecular complexity index is 657. The van der Waals surface area contributed by atoms with E-state index >= 15 is 0 Å². The minimum Gasteiger partial charge on any atom is -0.388 e. The Balaban J connectivity index is 2.02. The van der Waals surface area contributed by atoms with Crippen LogP contribution in [-0.2, 0) is 0 Å². The number of aliphatic imine (C=N–C) groups is 2. The largest absolute Gasteiger partial charge is 0.388 e. The summed E-state index contributed by atoms with van der Waals surface area (Å²) >= 11 is 1.72. The van der Waals surface area contributed by atoms with Crippen LogP contribution in [0.4, 0.5) is 5.69 Å². The number of allylic oxidation sites excluding steroid dienone is 2. The topological polar surface area (TPSA) is 75.8 Å². The number of nitriles is 1. The number of anilines is 1. The van der Waals surface area contributed by atoms with Gasteiger partial charge in [0.25, 0.3) is 0 Å². The van der Waals surface area contributed by atoms with E-state index < -0.39 is 0 Å². The van der Waals surface area contributed by atoms with Gasteiger partial charge in [0.1, 0.15) is 18.1 Å². The Morgan fingerprint density at radius 1 is 1.29 bits per heavy atom. The van der Waals surface area contributed by atoms with Crippen molar-refractivity contribution in [2.24, 2.45) is 9.98 Å². The van der Waals surface area contributed by atoms with Gasteiger partial charge in [-0.1, -0.05) is 0 Å². The summed E-state index contributed by atoms with van der Waals surface area (Å²) in [6, 6.07) is 10.4. The van der Waals surface area contributed by atoms with E-state index in [9.17, 15) is 0 Å². The Morgan fingerprint density at radius 3 is 2.79 bits per heavy atom. The summed E-state index contributed by atoms with van der Waals surface area (Å²) in [5.74, 6) is 0. The molecular weight excluding hydrogens is 320 g/mol. The number of hydrogen-bond acceptors (Lipinski definition) is 7. The van der Waals surface area contributed by atoms with Gasteiger partial charge >= 0.3 is 0 Å². The molecule has 0 aliphatic carbocycles. The molecule has 1 aromatic rings. The molecular formula is C17H22N6S. The molecule has 2 rings (SSSR count). The second-order valence-corrected chi connectivity index (χ2v) is 6.37. The van der Waals surface area contributed by atoms with Crippen LogP contribution in [0.25, 0.3) is 0 Å². The van der Waals surface area contributed by atoms with Crippen LogP contribution < -0.4 is 10.6 Å². The third-order valence-electron chi connectivity index (χ3n) is 3.37. The molecule has 1 heterocycles. The van der Waals surface area contributed by atoms with Gasteiger partial charge in [-0.2, -0.15) is 5.26 Å². The fourth-order valence-corrected chi connectivity index (χ4v) is 3.01. The van der Waals surface area contributed by atoms with Crippen LogP contribution in [0.3, 0.4) is 0 Å². The van der Waals surface area contributed by atoms with Gasteiger partial charge in [-0.15, -0.1) is 0 Å². The lowest BCUT2D eigenvalue weighted by Crippen LogP contribution is -2.29. The lowest BCUT2D eigenvalue weighted by Gasteiger charge is -2.21. The van der Waals surface area contributed by atoms with E-state index in [0.29, 0.717) is 12.3 Å². The average Bonchev–Trinajstić information content (AvgIpc) is 2.59. The fraction of sp³-hybridized carbons (Fsp3) is 0.353. The summed E-state index contributed by atoms with van der Waals surface area (Å²) in [4.78, 5) is 9.53. The van der Waals surface area contributed by atoms with Gasteiger partial charge in [0.05, 0.1) is 6.54 Å². The Kier molecular flexibility index (Phi) is 7.33. The summed E-state index contributed by atoms with van der Waals surface area (Å²) < 4.78 is 2.28.